The number of anilines is 2. The van der Waals surface area contributed by atoms with Crippen LogP contribution in [0.4, 0.5) is 11.4 Å². The zero-order valence-electron chi connectivity index (χ0n) is 19.1. The summed E-state index contributed by atoms with van der Waals surface area (Å²) in [6, 6.07) is 15.7. The Morgan fingerprint density at radius 1 is 0.879 bits per heavy atom. The maximum Gasteiger partial charge on any atom is 0.196 e. The third-order valence-corrected chi connectivity index (χ3v) is 6.54. The Morgan fingerprint density at radius 3 is 2.00 bits per heavy atom. The molecule has 3 aromatic carbocycles. The molecule has 168 valence electrons. The first-order chi connectivity index (χ1) is 15.7. The molecule has 0 unspecified atom stereocenters. The summed E-state index contributed by atoms with van der Waals surface area (Å²) in [5, 5.41) is 0.211. The number of nitrogen functional groups attached to an aromatic ring is 1. The van der Waals surface area contributed by atoms with Gasteiger partial charge in [-0.2, -0.15) is 0 Å². The Balaban J connectivity index is 1.89. The Hall–Kier alpha value is -3.38. The number of carbonyl (C=O) groups is 3. The SMILES string of the molecule is CC(C)SNc1cc(C(=O)c2ccc(C(C)C)cc2)c(N)c2c1C(=O)c1ccccc1C2=O. The zero-order valence-corrected chi connectivity index (χ0v) is 19.9. The second-order valence-corrected chi connectivity index (χ2v) is 10.1. The van der Waals surface area contributed by atoms with Crippen LogP contribution in [0.5, 0.6) is 0 Å². The van der Waals surface area contributed by atoms with E-state index in [4.69, 9.17) is 5.73 Å². The van der Waals surface area contributed by atoms with Gasteiger partial charge in [-0.1, -0.05) is 76.2 Å². The number of hydrogen-bond acceptors (Lipinski definition) is 6. The Bertz CT molecular complexity index is 1280. The van der Waals surface area contributed by atoms with Gasteiger partial charge in [-0.05, 0) is 29.5 Å². The number of nitrogens with two attached hydrogens (primary N) is 1. The van der Waals surface area contributed by atoms with E-state index in [-0.39, 0.29) is 45.0 Å². The van der Waals surface area contributed by atoms with Gasteiger partial charge in [0.25, 0.3) is 0 Å². The van der Waals surface area contributed by atoms with Crippen LogP contribution in [0.1, 0.15) is 86.9 Å². The predicted molar refractivity (Wildman–Crippen MR) is 134 cm³/mol. The van der Waals surface area contributed by atoms with Crippen molar-refractivity contribution in [2.75, 3.05) is 10.5 Å². The van der Waals surface area contributed by atoms with Gasteiger partial charge in [-0.3, -0.25) is 14.4 Å². The van der Waals surface area contributed by atoms with Crippen LogP contribution < -0.4 is 10.5 Å². The highest BCUT2D eigenvalue weighted by molar-refractivity contribution is 8.01. The minimum absolute atomic E-state index is 0.0379. The zero-order chi connectivity index (χ0) is 23.9. The minimum atomic E-state index is -0.347. The fourth-order valence-corrected chi connectivity index (χ4v) is 4.47. The average molecular weight is 459 g/mol. The molecule has 0 atom stereocenters. The molecule has 0 fully saturated rings. The van der Waals surface area contributed by atoms with E-state index in [0.717, 1.165) is 5.56 Å². The van der Waals surface area contributed by atoms with Crippen LogP contribution in [0, 0.1) is 0 Å². The summed E-state index contributed by atoms with van der Waals surface area (Å²) < 4.78 is 3.19. The molecular weight excluding hydrogens is 432 g/mol. The van der Waals surface area contributed by atoms with E-state index in [1.807, 2.05) is 26.0 Å². The van der Waals surface area contributed by atoms with Gasteiger partial charge in [0.2, 0.25) is 0 Å². The highest BCUT2D eigenvalue weighted by Gasteiger charge is 2.35. The van der Waals surface area contributed by atoms with Crippen LogP contribution in [-0.2, 0) is 0 Å². The summed E-state index contributed by atoms with van der Waals surface area (Å²) in [7, 11) is 0. The molecule has 3 N–H and O–H groups in total. The van der Waals surface area contributed by atoms with E-state index in [0.29, 0.717) is 28.3 Å². The van der Waals surface area contributed by atoms with Crippen molar-refractivity contribution in [1.29, 1.82) is 0 Å². The molecule has 6 heteroatoms. The van der Waals surface area contributed by atoms with E-state index in [2.05, 4.69) is 18.6 Å². The smallest absolute Gasteiger partial charge is 0.196 e. The molecule has 5 nitrogen and oxygen atoms in total. The second-order valence-electron chi connectivity index (χ2n) is 8.71. The van der Waals surface area contributed by atoms with Crippen molar-refractivity contribution in [1.82, 2.24) is 0 Å². The molecular formula is C27H26N2O3S. The first-order valence-corrected chi connectivity index (χ1v) is 11.8. The third kappa shape index (κ3) is 4.07. The van der Waals surface area contributed by atoms with Crippen molar-refractivity contribution >= 4 is 40.7 Å². The number of hydrogen-bond donors (Lipinski definition) is 2. The Labute approximate surface area is 197 Å². The largest absolute Gasteiger partial charge is 0.398 e. The quantitative estimate of drug-likeness (QED) is 0.213. The Morgan fingerprint density at radius 2 is 1.45 bits per heavy atom. The van der Waals surface area contributed by atoms with Crippen LogP contribution in [0.15, 0.2) is 54.6 Å². The summed E-state index contributed by atoms with van der Waals surface area (Å²) >= 11 is 1.40. The maximum atomic E-state index is 13.4. The van der Waals surface area contributed by atoms with Crippen LogP contribution in [0.3, 0.4) is 0 Å². The molecule has 33 heavy (non-hydrogen) atoms. The normalized spacial score (nSPS) is 12.7. The van der Waals surface area contributed by atoms with Gasteiger partial charge in [0.1, 0.15) is 0 Å². The van der Waals surface area contributed by atoms with E-state index in [1.54, 1.807) is 42.5 Å². The molecule has 0 saturated heterocycles. The van der Waals surface area contributed by atoms with Gasteiger partial charge < -0.3 is 10.5 Å². The fraction of sp³-hybridized carbons (Fsp3) is 0.222. The highest BCUT2D eigenvalue weighted by atomic mass is 32.2. The summed E-state index contributed by atoms with van der Waals surface area (Å²) in [6.07, 6.45) is 0. The van der Waals surface area contributed by atoms with Gasteiger partial charge in [0, 0.05) is 27.5 Å². The standard InChI is InChI=1S/C27H26N2O3S/c1-14(2)16-9-11-17(12-10-16)25(30)20-13-21(29-33-15(3)4)22-23(24(20)28)27(32)19-8-6-5-7-18(19)26(22)31/h5-15,29H,28H2,1-4H3. The van der Waals surface area contributed by atoms with E-state index < -0.39 is 0 Å². The Kier molecular flexibility index (Phi) is 6.13. The number of nitrogens with one attached hydrogen (secondary N) is 1. The lowest BCUT2D eigenvalue weighted by atomic mass is 9.80. The van der Waals surface area contributed by atoms with Crippen LogP contribution in [0.2, 0.25) is 0 Å². The molecule has 1 aliphatic carbocycles. The number of rotatable bonds is 6. The summed E-state index contributed by atoms with van der Waals surface area (Å²) in [5.41, 5.74) is 9.65. The predicted octanol–water partition coefficient (Wildman–Crippen LogP) is 5.87. The second kappa shape index (κ2) is 8.87. The summed E-state index contributed by atoms with van der Waals surface area (Å²) in [6.45, 7) is 8.18. The minimum Gasteiger partial charge on any atom is -0.398 e. The van der Waals surface area contributed by atoms with Crippen molar-refractivity contribution in [2.45, 2.75) is 38.9 Å². The molecule has 4 rings (SSSR count). The van der Waals surface area contributed by atoms with Crippen molar-refractivity contribution in [3.63, 3.8) is 0 Å². The van der Waals surface area contributed by atoms with Crippen LogP contribution in [0.25, 0.3) is 0 Å². The average Bonchev–Trinajstić information content (AvgIpc) is 2.81. The topological polar surface area (TPSA) is 89.3 Å². The van der Waals surface area contributed by atoms with Gasteiger partial charge in [-0.15, -0.1) is 0 Å². The first-order valence-electron chi connectivity index (χ1n) is 10.9. The molecule has 0 heterocycles. The van der Waals surface area contributed by atoms with Crippen molar-refractivity contribution in [2.24, 2.45) is 0 Å². The van der Waals surface area contributed by atoms with Crippen molar-refractivity contribution < 1.29 is 14.4 Å². The number of ketones is 3. The van der Waals surface area contributed by atoms with Crippen LogP contribution in [-0.4, -0.2) is 22.6 Å². The highest BCUT2D eigenvalue weighted by Crippen LogP contribution is 2.39. The third-order valence-electron chi connectivity index (χ3n) is 5.73. The summed E-state index contributed by atoms with van der Waals surface area (Å²) in [5.74, 6) is -0.572. The lowest BCUT2D eigenvalue weighted by Gasteiger charge is -2.24. The summed E-state index contributed by atoms with van der Waals surface area (Å²) in [4.78, 5) is 40.2. The molecule has 0 radical (unpaired) electrons. The van der Waals surface area contributed by atoms with E-state index in [1.165, 1.54) is 11.9 Å². The van der Waals surface area contributed by atoms with E-state index >= 15 is 0 Å². The molecule has 1 aliphatic rings. The van der Waals surface area contributed by atoms with Crippen molar-refractivity contribution in [3.8, 4) is 0 Å². The maximum absolute atomic E-state index is 13.4. The lowest BCUT2D eigenvalue weighted by Crippen LogP contribution is -2.25. The van der Waals surface area contributed by atoms with Gasteiger partial charge in [-0.25, -0.2) is 0 Å². The molecule has 0 amide bonds. The lowest BCUT2D eigenvalue weighted by molar-refractivity contribution is 0.0979. The number of carbonyl (C=O) groups excluding carboxylic acids is 3. The van der Waals surface area contributed by atoms with Crippen molar-refractivity contribution in [3.05, 3.63) is 93.5 Å². The van der Waals surface area contributed by atoms with Gasteiger partial charge in [0.05, 0.1) is 22.5 Å². The van der Waals surface area contributed by atoms with Gasteiger partial charge in [0.15, 0.2) is 17.3 Å². The number of fused-ring (bicyclic) bond motifs is 2. The molecule has 0 spiro atoms. The monoisotopic (exact) mass is 458 g/mol. The molecule has 0 saturated carbocycles. The van der Waals surface area contributed by atoms with E-state index in [9.17, 15) is 14.4 Å². The molecule has 0 bridgehead atoms. The molecule has 0 aliphatic heterocycles. The molecule has 0 aromatic heterocycles. The number of benzene rings is 3. The molecule has 3 aromatic rings. The fourth-order valence-electron chi connectivity index (χ4n) is 3.94. The first kappa shape index (κ1) is 22.8. The van der Waals surface area contributed by atoms with Gasteiger partial charge >= 0.3 is 0 Å². The van der Waals surface area contributed by atoms with Crippen LogP contribution >= 0.6 is 11.9 Å².